The van der Waals surface area contributed by atoms with Crippen LogP contribution < -0.4 is 21.7 Å². The van der Waals surface area contributed by atoms with Gasteiger partial charge in [0.15, 0.2) is 5.82 Å². The maximum absolute atomic E-state index is 15.4. The van der Waals surface area contributed by atoms with Gasteiger partial charge in [0.1, 0.15) is 23.7 Å². The minimum atomic E-state index is -1.09. The molecule has 0 bridgehead atoms. The molecule has 33 heavy (non-hydrogen) atoms. The molecule has 1 aromatic heterocycles. The van der Waals surface area contributed by atoms with Crippen molar-refractivity contribution in [1.29, 1.82) is 0 Å². The highest BCUT2D eigenvalue weighted by atomic mass is 32.2. The van der Waals surface area contributed by atoms with Gasteiger partial charge in [-0.2, -0.15) is 5.10 Å². The largest absolute Gasteiger partial charge is 0.381 e. The highest BCUT2D eigenvalue weighted by Crippen LogP contribution is 2.33. The fourth-order valence-corrected chi connectivity index (χ4v) is 7.05. The van der Waals surface area contributed by atoms with E-state index < -0.39 is 18.3 Å². The summed E-state index contributed by atoms with van der Waals surface area (Å²) in [5.74, 6) is 1.86. The molecule has 5 atom stereocenters. The Morgan fingerprint density at radius 2 is 2.03 bits per heavy atom. The fourth-order valence-electron chi connectivity index (χ4n) is 5.78. The maximum Gasteiger partial charge on any atom is 0.259 e. The van der Waals surface area contributed by atoms with Crippen molar-refractivity contribution in [1.82, 2.24) is 30.2 Å². The summed E-state index contributed by atoms with van der Waals surface area (Å²) in [6.07, 6.45) is -0.0870. The van der Waals surface area contributed by atoms with Gasteiger partial charge in [-0.25, -0.2) is 13.5 Å². The van der Waals surface area contributed by atoms with Crippen LogP contribution in [0, 0.1) is 5.92 Å². The summed E-state index contributed by atoms with van der Waals surface area (Å²) in [6, 6.07) is -0.764. The van der Waals surface area contributed by atoms with E-state index in [1.54, 1.807) is 0 Å². The maximum atomic E-state index is 15.4. The van der Waals surface area contributed by atoms with Crippen LogP contribution >= 0.6 is 11.8 Å². The number of thioether (sulfide) groups is 1. The Labute approximate surface area is 197 Å². The molecule has 12 heteroatoms. The summed E-state index contributed by atoms with van der Waals surface area (Å²) >= 11 is 1.99. The second-order valence-electron chi connectivity index (χ2n) is 9.70. The third-order valence-electron chi connectivity index (χ3n) is 7.33. The number of fused-ring (bicyclic) bond motifs is 1. The van der Waals surface area contributed by atoms with Crippen LogP contribution in [0.15, 0.2) is 0 Å². The molecule has 5 heterocycles. The number of halogens is 2. The Hall–Kier alpha value is -1.63. The van der Waals surface area contributed by atoms with E-state index in [2.05, 4.69) is 25.9 Å². The van der Waals surface area contributed by atoms with Crippen LogP contribution in [0.25, 0.3) is 0 Å². The van der Waals surface area contributed by atoms with Gasteiger partial charge < -0.3 is 26.6 Å². The molecule has 1 amide bonds. The summed E-state index contributed by atoms with van der Waals surface area (Å²) in [6.45, 7) is 3.79. The molecule has 9 nitrogen and oxygen atoms in total. The Morgan fingerprint density at radius 3 is 2.76 bits per heavy atom. The number of likely N-dealkylation sites (N-methyl/N-ethyl adjacent to an activating group) is 1. The first kappa shape index (κ1) is 23.1. The van der Waals surface area contributed by atoms with Crippen LogP contribution in [-0.4, -0.2) is 107 Å². The summed E-state index contributed by atoms with van der Waals surface area (Å²) in [7, 11) is 1.87. The Kier molecular flexibility index (Phi) is 6.69. The molecule has 0 radical (unpaired) electrons. The van der Waals surface area contributed by atoms with Gasteiger partial charge >= 0.3 is 0 Å². The quantitative estimate of drug-likeness (QED) is 0.486. The number of alkyl halides is 2. The van der Waals surface area contributed by atoms with Crippen molar-refractivity contribution < 1.29 is 13.6 Å². The van der Waals surface area contributed by atoms with Gasteiger partial charge in [-0.3, -0.25) is 9.69 Å². The van der Waals surface area contributed by atoms with Crippen LogP contribution in [0.2, 0.25) is 0 Å². The van der Waals surface area contributed by atoms with Gasteiger partial charge in [0.2, 0.25) is 0 Å². The summed E-state index contributed by atoms with van der Waals surface area (Å²) in [4.78, 5) is 17.4. The molecule has 5 N–H and O–H groups in total. The molecule has 5 rings (SSSR count). The van der Waals surface area contributed by atoms with Gasteiger partial charge in [-0.1, -0.05) is 0 Å². The van der Waals surface area contributed by atoms with E-state index in [1.165, 1.54) is 4.68 Å². The number of rotatable bonds is 4. The minimum Gasteiger partial charge on any atom is -0.381 e. The number of nitrogens with one attached hydrogen (secondary N) is 3. The second kappa shape index (κ2) is 9.55. The SMILES string of the molecule is CN1CC(F)C(N2CCC(C3NCCS3)CC2)C(NC(=O)c2c(N)nn3c2NCC(F)C3)C1. The normalized spacial score (nSPS) is 34.1. The first-order chi connectivity index (χ1) is 15.9. The molecule has 4 aliphatic rings. The molecule has 0 saturated carbocycles. The first-order valence-electron chi connectivity index (χ1n) is 11.9. The summed E-state index contributed by atoms with van der Waals surface area (Å²) in [5.41, 5.74) is 6.24. The van der Waals surface area contributed by atoms with E-state index in [4.69, 9.17) is 5.73 Å². The lowest BCUT2D eigenvalue weighted by atomic mass is 9.90. The zero-order valence-electron chi connectivity index (χ0n) is 19.0. The highest BCUT2D eigenvalue weighted by Gasteiger charge is 2.43. The van der Waals surface area contributed by atoms with E-state index in [0.29, 0.717) is 30.2 Å². The van der Waals surface area contributed by atoms with Gasteiger partial charge in [0.05, 0.1) is 24.0 Å². The number of aromatic nitrogens is 2. The Morgan fingerprint density at radius 1 is 1.24 bits per heavy atom. The van der Waals surface area contributed by atoms with Gasteiger partial charge in [-0.05, 0) is 38.9 Å². The van der Waals surface area contributed by atoms with Crippen LogP contribution in [0.4, 0.5) is 20.4 Å². The fraction of sp³-hybridized carbons (Fsp3) is 0.810. The molecule has 3 saturated heterocycles. The molecule has 3 fully saturated rings. The van der Waals surface area contributed by atoms with Crippen LogP contribution in [-0.2, 0) is 6.54 Å². The number of nitrogen functional groups attached to an aromatic ring is 1. The smallest absolute Gasteiger partial charge is 0.259 e. The number of nitrogens with zero attached hydrogens (tertiary/aromatic N) is 4. The number of anilines is 2. The average Bonchev–Trinajstić information content (AvgIpc) is 3.40. The molecule has 184 valence electrons. The highest BCUT2D eigenvalue weighted by molar-refractivity contribution is 8.00. The van der Waals surface area contributed by atoms with E-state index in [-0.39, 0.29) is 36.6 Å². The second-order valence-corrected chi connectivity index (χ2v) is 10.9. The topological polar surface area (TPSA) is 103 Å². The lowest BCUT2D eigenvalue weighted by Crippen LogP contribution is -2.66. The zero-order valence-corrected chi connectivity index (χ0v) is 19.8. The molecule has 5 unspecified atom stereocenters. The molecule has 0 aliphatic carbocycles. The number of hydrogen-bond donors (Lipinski definition) is 4. The van der Waals surface area contributed by atoms with Crippen molar-refractivity contribution in [3.8, 4) is 0 Å². The van der Waals surface area contributed by atoms with Crippen molar-refractivity contribution >= 4 is 29.3 Å². The molecule has 0 aromatic carbocycles. The van der Waals surface area contributed by atoms with Crippen LogP contribution in [0.5, 0.6) is 0 Å². The lowest BCUT2D eigenvalue weighted by Gasteiger charge is -2.47. The van der Waals surface area contributed by atoms with Crippen molar-refractivity contribution in [3.63, 3.8) is 0 Å². The van der Waals surface area contributed by atoms with Crippen molar-refractivity contribution in [2.24, 2.45) is 5.92 Å². The van der Waals surface area contributed by atoms with Gasteiger partial charge in [0.25, 0.3) is 5.91 Å². The molecule has 0 spiro atoms. The third-order valence-corrected chi connectivity index (χ3v) is 8.68. The summed E-state index contributed by atoms with van der Waals surface area (Å²) < 4.78 is 30.5. The number of carbonyl (C=O) groups is 1. The van der Waals surface area contributed by atoms with E-state index in [0.717, 1.165) is 38.2 Å². The number of piperidine rings is 2. The molecular formula is C21H34F2N8OS. The van der Waals surface area contributed by atoms with Gasteiger partial charge in [-0.15, -0.1) is 11.8 Å². The molecular weight excluding hydrogens is 450 g/mol. The number of carbonyl (C=O) groups excluding carboxylic acids is 1. The monoisotopic (exact) mass is 484 g/mol. The molecule has 1 aromatic rings. The van der Waals surface area contributed by atoms with E-state index in [1.807, 2.05) is 23.7 Å². The van der Waals surface area contributed by atoms with Crippen LogP contribution in [0.1, 0.15) is 23.2 Å². The minimum absolute atomic E-state index is 0.0593. The first-order valence-corrected chi connectivity index (χ1v) is 12.9. The lowest BCUT2D eigenvalue weighted by molar-refractivity contribution is 0.00212. The van der Waals surface area contributed by atoms with Crippen molar-refractivity contribution in [3.05, 3.63) is 5.56 Å². The van der Waals surface area contributed by atoms with E-state index >= 15 is 4.39 Å². The number of nitrogens with two attached hydrogens (primary N) is 1. The predicted octanol–water partition coefficient (Wildman–Crippen LogP) is 0.354. The third kappa shape index (κ3) is 4.67. The number of amides is 1. The van der Waals surface area contributed by atoms with Gasteiger partial charge in [0, 0.05) is 31.9 Å². The zero-order chi connectivity index (χ0) is 23.1. The summed E-state index contributed by atoms with van der Waals surface area (Å²) in [5, 5.41) is 14.2. The molecule has 4 aliphatic heterocycles. The predicted molar refractivity (Wildman–Crippen MR) is 126 cm³/mol. The van der Waals surface area contributed by atoms with Crippen LogP contribution in [0.3, 0.4) is 0 Å². The van der Waals surface area contributed by atoms with Crippen molar-refractivity contribution in [2.75, 3.05) is 63.1 Å². The Balaban J connectivity index is 1.29. The van der Waals surface area contributed by atoms with E-state index in [9.17, 15) is 9.18 Å². The Bertz CT molecular complexity index is 858. The van der Waals surface area contributed by atoms with Crippen molar-refractivity contribution in [2.45, 2.75) is 49.2 Å². The number of hydrogen-bond acceptors (Lipinski definition) is 8. The number of likely N-dealkylation sites (tertiary alicyclic amines) is 2. The average molecular weight is 485 g/mol. The standard InChI is InChI=1S/C21H34F2N8OS/c1-29-10-14(23)17(30-5-2-12(3-6-30)21-25-4-7-33-21)15(11-29)27-20(32)16-18(24)28-31-9-13(22)8-26-19(16)31/h12-15,17,21,25-26H,2-11H2,1H3,(H2,24,28)(H,27,32).